The summed E-state index contributed by atoms with van der Waals surface area (Å²) in [4.78, 5) is 4.65. The summed E-state index contributed by atoms with van der Waals surface area (Å²) in [5.74, 6) is 0. The maximum absolute atomic E-state index is 8.97. The van der Waals surface area contributed by atoms with Crippen molar-refractivity contribution in [2.75, 3.05) is 0 Å². The highest BCUT2D eigenvalue weighted by molar-refractivity contribution is 7.99. The summed E-state index contributed by atoms with van der Waals surface area (Å²) in [5, 5.41) is 17.8. The van der Waals surface area contributed by atoms with Crippen molar-refractivity contribution in [3.63, 3.8) is 0 Å². The molecule has 0 radical (unpaired) electrons. The summed E-state index contributed by atoms with van der Waals surface area (Å²) in [6, 6.07) is 21.9. The average Bonchev–Trinajstić information content (AvgIpc) is 2.63. The van der Waals surface area contributed by atoms with Gasteiger partial charge in [0.1, 0.15) is 11.4 Å². The Hall–Kier alpha value is -2.71. The Kier molecular flexibility index (Phi) is 4.65. The van der Waals surface area contributed by atoms with Crippen molar-refractivity contribution in [3.8, 4) is 28.6 Å². The molecule has 0 saturated carbocycles. The van der Waals surface area contributed by atoms with Gasteiger partial charge in [-0.2, -0.15) is 5.26 Å². The van der Waals surface area contributed by atoms with Gasteiger partial charge in [0.25, 0.3) is 0 Å². The molecular weight excluding hydrogens is 304 g/mol. The van der Waals surface area contributed by atoms with Gasteiger partial charge in [-0.25, -0.2) is 4.98 Å². The molecule has 0 unspecified atom stereocenters. The SMILES string of the molecule is C[C@H](C#N)Sc1nnc(-c2ccccc2)c(-c2ccccc2)n1. The van der Waals surface area contributed by atoms with Gasteiger partial charge < -0.3 is 0 Å². The highest BCUT2D eigenvalue weighted by atomic mass is 32.2. The van der Waals surface area contributed by atoms with E-state index < -0.39 is 0 Å². The molecule has 0 fully saturated rings. The van der Waals surface area contributed by atoms with E-state index in [1.807, 2.05) is 67.6 Å². The molecule has 0 aliphatic heterocycles. The minimum atomic E-state index is -0.219. The molecule has 23 heavy (non-hydrogen) atoms. The lowest BCUT2D eigenvalue weighted by atomic mass is 10.0. The normalized spacial score (nSPS) is 11.7. The maximum Gasteiger partial charge on any atom is 0.210 e. The second-order valence-corrected chi connectivity index (χ2v) is 6.22. The molecule has 0 aliphatic carbocycles. The van der Waals surface area contributed by atoms with E-state index in [1.54, 1.807) is 0 Å². The fourth-order valence-corrected chi connectivity index (χ4v) is 2.73. The molecule has 0 amide bonds. The molecule has 4 nitrogen and oxygen atoms in total. The molecule has 1 heterocycles. The molecular formula is C18H14N4S. The lowest BCUT2D eigenvalue weighted by Gasteiger charge is -2.09. The van der Waals surface area contributed by atoms with Crippen LogP contribution in [0.2, 0.25) is 0 Å². The number of nitrogens with zero attached hydrogens (tertiary/aromatic N) is 4. The predicted octanol–water partition coefficient (Wildman–Crippen LogP) is 4.21. The van der Waals surface area contributed by atoms with E-state index in [1.165, 1.54) is 11.8 Å². The van der Waals surface area contributed by atoms with E-state index in [9.17, 15) is 0 Å². The molecule has 0 bridgehead atoms. The zero-order valence-electron chi connectivity index (χ0n) is 12.5. The predicted molar refractivity (Wildman–Crippen MR) is 91.6 cm³/mol. The third kappa shape index (κ3) is 3.55. The Morgan fingerprint density at radius 2 is 1.43 bits per heavy atom. The Bertz CT molecular complexity index is 829. The Morgan fingerprint density at radius 3 is 2.00 bits per heavy atom. The van der Waals surface area contributed by atoms with Gasteiger partial charge in [-0.1, -0.05) is 72.4 Å². The van der Waals surface area contributed by atoms with Crippen LogP contribution in [-0.2, 0) is 0 Å². The van der Waals surface area contributed by atoms with Gasteiger partial charge in [-0.3, -0.25) is 0 Å². The number of aromatic nitrogens is 3. The zero-order valence-corrected chi connectivity index (χ0v) is 13.4. The van der Waals surface area contributed by atoms with Gasteiger partial charge in [0.05, 0.1) is 11.3 Å². The van der Waals surface area contributed by atoms with Gasteiger partial charge in [0.15, 0.2) is 0 Å². The summed E-state index contributed by atoms with van der Waals surface area (Å²) in [6.07, 6.45) is 0. The van der Waals surface area contributed by atoms with E-state index in [4.69, 9.17) is 5.26 Å². The Morgan fingerprint density at radius 1 is 0.870 bits per heavy atom. The molecule has 3 aromatic rings. The van der Waals surface area contributed by atoms with Crippen LogP contribution < -0.4 is 0 Å². The lowest BCUT2D eigenvalue weighted by Crippen LogP contribution is -2.01. The van der Waals surface area contributed by atoms with Crippen molar-refractivity contribution >= 4 is 11.8 Å². The van der Waals surface area contributed by atoms with Gasteiger partial charge in [0, 0.05) is 11.1 Å². The monoisotopic (exact) mass is 318 g/mol. The minimum Gasteiger partial charge on any atom is -0.219 e. The summed E-state index contributed by atoms with van der Waals surface area (Å²) in [5.41, 5.74) is 3.47. The van der Waals surface area contributed by atoms with E-state index in [2.05, 4.69) is 21.3 Å². The highest BCUT2D eigenvalue weighted by Crippen LogP contribution is 2.30. The second-order valence-electron chi connectivity index (χ2n) is 4.91. The second kappa shape index (κ2) is 7.03. The summed E-state index contributed by atoms with van der Waals surface area (Å²) in [7, 11) is 0. The highest BCUT2D eigenvalue weighted by Gasteiger charge is 2.15. The molecule has 112 valence electrons. The molecule has 0 aliphatic rings. The van der Waals surface area contributed by atoms with Crippen molar-refractivity contribution in [1.82, 2.24) is 15.2 Å². The summed E-state index contributed by atoms with van der Waals surface area (Å²) >= 11 is 1.31. The van der Waals surface area contributed by atoms with Crippen LogP contribution >= 0.6 is 11.8 Å². The van der Waals surface area contributed by atoms with Crippen molar-refractivity contribution < 1.29 is 0 Å². The Labute approximate surface area is 139 Å². The summed E-state index contributed by atoms with van der Waals surface area (Å²) < 4.78 is 0. The molecule has 0 spiro atoms. The lowest BCUT2D eigenvalue weighted by molar-refractivity contribution is 0.848. The van der Waals surface area contributed by atoms with Crippen LogP contribution in [-0.4, -0.2) is 20.4 Å². The number of hydrogen-bond donors (Lipinski definition) is 0. The van der Waals surface area contributed by atoms with Crippen molar-refractivity contribution in [2.24, 2.45) is 0 Å². The van der Waals surface area contributed by atoms with Crippen LogP contribution in [0.15, 0.2) is 65.8 Å². The molecule has 0 N–H and O–H groups in total. The van der Waals surface area contributed by atoms with Crippen LogP contribution in [0.3, 0.4) is 0 Å². The molecule has 3 rings (SSSR count). The van der Waals surface area contributed by atoms with Crippen LogP contribution in [0.1, 0.15) is 6.92 Å². The third-order valence-electron chi connectivity index (χ3n) is 3.23. The quantitative estimate of drug-likeness (QED) is 0.674. The van der Waals surface area contributed by atoms with Gasteiger partial charge >= 0.3 is 0 Å². The van der Waals surface area contributed by atoms with Crippen molar-refractivity contribution in [2.45, 2.75) is 17.3 Å². The smallest absolute Gasteiger partial charge is 0.210 e. The molecule has 1 atom stereocenters. The van der Waals surface area contributed by atoms with Crippen LogP contribution in [0.25, 0.3) is 22.5 Å². The molecule has 2 aromatic carbocycles. The van der Waals surface area contributed by atoms with Crippen LogP contribution in [0, 0.1) is 11.3 Å². The largest absolute Gasteiger partial charge is 0.219 e. The van der Waals surface area contributed by atoms with E-state index in [-0.39, 0.29) is 5.25 Å². The van der Waals surface area contributed by atoms with E-state index >= 15 is 0 Å². The first kappa shape index (κ1) is 15.2. The fourth-order valence-electron chi connectivity index (χ4n) is 2.13. The summed E-state index contributed by atoms with van der Waals surface area (Å²) in [6.45, 7) is 1.82. The van der Waals surface area contributed by atoms with E-state index in [0.29, 0.717) is 5.16 Å². The minimum absolute atomic E-state index is 0.219. The van der Waals surface area contributed by atoms with Crippen molar-refractivity contribution in [1.29, 1.82) is 5.26 Å². The van der Waals surface area contributed by atoms with Gasteiger partial charge in [-0.15, -0.1) is 10.2 Å². The first-order chi connectivity index (χ1) is 11.3. The first-order valence-corrected chi connectivity index (χ1v) is 8.07. The zero-order chi connectivity index (χ0) is 16.1. The standard InChI is InChI=1S/C18H14N4S/c1-13(12-19)23-18-20-16(14-8-4-2-5-9-14)17(21-22-18)15-10-6-3-7-11-15/h2-11,13H,1H3/t13-/m1/s1. The number of hydrogen-bond acceptors (Lipinski definition) is 5. The average molecular weight is 318 g/mol. The topological polar surface area (TPSA) is 62.5 Å². The third-order valence-corrected chi connectivity index (χ3v) is 4.07. The maximum atomic E-state index is 8.97. The van der Waals surface area contributed by atoms with Crippen LogP contribution in [0.5, 0.6) is 0 Å². The first-order valence-electron chi connectivity index (χ1n) is 7.20. The number of rotatable bonds is 4. The van der Waals surface area contributed by atoms with Gasteiger partial charge in [0.2, 0.25) is 5.16 Å². The van der Waals surface area contributed by atoms with Crippen molar-refractivity contribution in [3.05, 3.63) is 60.7 Å². The fraction of sp³-hybridized carbons (Fsp3) is 0.111. The molecule has 0 saturated heterocycles. The number of nitriles is 1. The van der Waals surface area contributed by atoms with Gasteiger partial charge in [-0.05, 0) is 6.92 Å². The Balaban J connectivity index is 2.11. The molecule has 1 aromatic heterocycles. The van der Waals surface area contributed by atoms with Crippen LogP contribution in [0.4, 0.5) is 0 Å². The number of benzene rings is 2. The molecule has 5 heteroatoms. The number of thioether (sulfide) groups is 1. The van der Waals surface area contributed by atoms with E-state index in [0.717, 1.165) is 22.5 Å².